The van der Waals surface area contributed by atoms with E-state index in [4.69, 9.17) is 9.30 Å². The van der Waals surface area contributed by atoms with Crippen molar-refractivity contribution in [2.24, 2.45) is 0 Å². The molecule has 5 nitrogen and oxygen atoms in total. The molecule has 0 heterocycles. The smallest absolute Gasteiger partial charge is 0 e. The molecule has 6 heteroatoms. The van der Waals surface area contributed by atoms with Gasteiger partial charge in [0.25, 0.3) is 0 Å². The average molecular weight is 316 g/mol. The first-order valence-electron chi connectivity index (χ1n) is 4.74. The van der Waals surface area contributed by atoms with Gasteiger partial charge >= 0.3 is 28.6 Å². The number of methoxy groups -OCH3 is 1. The standard InChI is InChI=1S/C6H6O3.C6H7.2CO.Mn/c1-9-6(8)4-2-3-5-7;1-6-4-2-3-5-6;2*1-2;/h3-5H,1H3;2-5H,1H3;;;/q;-1;;;. The Hall–Kier alpha value is -1.99. The van der Waals surface area contributed by atoms with Gasteiger partial charge in [-0.1, -0.05) is 6.92 Å². The molecule has 0 atom stereocenters. The van der Waals surface area contributed by atoms with Crippen LogP contribution < -0.4 is 0 Å². The fraction of sp³-hybridized carbons (Fsp3) is 0.143. The number of hydrogen-bond acceptors (Lipinski definition) is 3. The van der Waals surface area contributed by atoms with E-state index in [1.807, 2.05) is 12.1 Å². The van der Waals surface area contributed by atoms with Gasteiger partial charge in [0.1, 0.15) is 0 Å². The minimum atomic E-state index is -0.520. The Bertz CT molecular complexity index is 417. The van der Waals surface area contributed by atoms with Crippen molar-refractivity contribution in [3.63, 3.8) is 0 Å². The van der Waals surface area contributed by atoms with E-state index >= 15 is 0 Å². The van der Waals surface area contributed by atoms with E-state index in [0.29, 0.717) is 6.29 Å². The van der Waals surface area contributed by atoms with Gasteiger partial charge < -0.3 is 4.74 Å². The monoisotopic (exact) mass is 316 g/mol. The van der Waals surface area contributed by atoms with Crippen molar-refractivity contribution in [2.45, 2.75) is 6.92 Å². The van der Waals surface area contributed by atoms with E-state index in [2.05, 4.69) is 42.8 Å². The Labute approximate surface area is 128 Å². The van der Waals surface area contributed by atoms with Crippen LogP contribution in [0.1, 0.15) is 5.56 Å². The Morgan fingerprint density at radius 1 is 1.40 bits per heavy atom. The third-order valence-corrected chi connectivity index (χ3v) is 1.40. The van der Waals surface area contributed by atoms with Crippen LogP contribution in [0.3, 0.4) is 0 Å². The number of esters is 1. The van der Waals surface area contributed by atoms with Crippen LogP contribution in [0, 0.1) is 20.2 Å². The average Bonchev–Trinajstić information content (AvgIpc) is 2.95. The Morgan fingerprint density at radius 3 is 2.20 bits per heavy atom. The fourth-order valence-electron chi connectivity index (χ4n) is 0.685. The second kappa shape index (κ2) is 25.8. The van der Waals surface area contributed by atoms with Crippen molar-refractivity contribution in [3.8, 4) is 0 Å². The number of carbonyl (C=O) groups is 2. The maximum absolute atomic E-state index is 10.2. The van der Waals surface area contributed by atoms with Gasteiger partial charge in [-0.3, -0.25) is 4.79 Å². The van der Waals surface area contributed by atoms with Crippen LogP contribution in [0.5, 0.6) is 0 Å². The number of aryl methyl sites for hydroxylation is 1. The van der Waals surface area contributed by atoms with Gasteiger partial charge in [-0.2, -0.15) is 17.7 Å². The second-order valence-electron chi connectivity index (χ2n) is 2.60. The predicted octanol–water partition coefficient (Wildman–Crippen LogP) is 1.71. The third-order valence-electron chi connectivity index (χ3n) is 1.40. The molecule has 0 saturated heterocycles. The van der Waals surface area contributed by atoms with E-state index in [-0.39, 0.29) is 17.1 Å². The molecule has 0 fully saturated rings. The molecular weight excluding hydrogens is 303 g/mol. The quantitative estimate of drug-likeness (QED) is 0.158. The van der Waals surface area contributed by atoms with Crippen LogP contribution in [0.4, 0.5) is 0 Å². The van der Waals surface area contributed by atoms with Gasteiger partial charge in [0.2, 0.25) is 0 Å². The van der Waals surface area contributed by atoms with Crippen LogP contribution in [-0.2, 0) is 40.7 Å². The molecule has 0 aliphatic carbocycles. The second-order valence-corrected chi connectivity index (χ2v) is 2.60. The van der Waals surface area contributed by atoms with E-state index in [1.165, 1.54) is 12.7 Å². The summed E-state index contributed by atoms with van der Waals surface area (Å²) < 4.78 is 19.2. The molecule has 0 aromatic heterocycles. The van der Waals surface area contributed by atoms with Crippen molar-refractivity contribution in [3.05, 3.63) is 61.0 Å². The molecule has 1 radical (unpaired) electrons. The molecule has 0 spiro atoms. The summed E-state index contributed by atoms with van der Waals surface area (Å²) in [4.78, 5) is 19.8. The molecule has 1 aromatic carbocycles. The first kappa shape index (κ1) is 26.5. The van der Waals surface area contributed by atoms with E-state index in [9.17, 15) is 9.59 Å². The van der Waals surface area contributed by atoms with Gasteiger partial charge in [-0.15, -0.1) is 5.73 Å². The minimum Gasteiger partial charge on any atom is 0 e. The number of aldehydes is 1. The molecule has 107 valence electrons. The molecule has 1 aromatic rings. The minimum absolute atomic E-state index is 0. The van der Waals surface area contributed by atoms with E-state index < -0.39 is 5.97 Å². The molecule has 0 amide bonds. The molecule has 0 bridgehead atoms. The van der Waals surface area contributed by atoms with Gasteiger partial charge in [-0.05, 0) is 0 Å². The normalized spacial score (nSPS) is 5.90. The van der Waals surface area contributed by atoms with Gasteiger partial charge in [-0.25, -0.2) is 16.9 Å². The van der Waals surface area contributed by atoms with E-state index in [0.717, 1.165) is 12.2 Å². The van der Waals surface area contributed by atoms with Crippen LogP contribution in [0.2, 0.25) is 0 Å². The molecule has 0 N–H and O–H groups in total. The molecule has 0 unspecified atom stereocenters. The summed E-state index contributed by atoms with van der Waals surface area (Å²) in [7, 11) is 1.25. The van der Waals surface area contributed by atoms with Crippen molar-refractivity contribution in [1.82, 2.24) is 0 Å². The third kappa shape index (κ3) is 25.0. The number of carbonyl (C=O) groups excluding carboxylic acids is 2. The van der Waals surface area contributed by atoms with Crippen LogP contribution in [0.25, 0.3) is 0 Å². The number of rotatable bonds is 2. The van der Waals surface area contributed by atoms with Gasteiger partial charge in [0.15, 0.2) is 6.29 Å². The maximum atomic E-state index is 10.2. The zero-order chi connectivity index (χ0) is 15.5. The van der Waals surface area contributed by atoms with Crippen LogP contribution in [0.15, 0.2) is 42.1 Å². The molecule has 0 aliphatic rings. The van der Waals surface area contributed by atoms with E-state index in [1.54, 1.807) is 0 Å². The predicted molar refractivity (Wildman–Crippen MR) is 65.4 cm³/mol. The molecule has 20 heavy (non-hydrogen) atoms. The molecule has 1 rings (SSSR count). The summed E-state index contributed by atoms with van der Waals surface area (Å²) in [6.07, 6.45) is 2.64. The SMILES string of the molecule is COC(=O)C=C=CC=O.Cc1ccc[cH-]1.[C-]#[O+].[C-]#[O+].[Mn]. The van der Waals surface area contributed by atoms with Crippen molar-refractivity contribution in [1.29, 1.82) is 0 Å². The summed E-state index contributed by atoms with van der Waals surface area (Å²) in [6.45, 7) is 11.1. The first-order valence-corrected chi connectivity index (χ1v) is 4.74. The largest absolute Gasteiger partial charge is 0 e. The fourth-order valence-corrected chi connectivity index (χ4v) is 0.685. The zero-order valence-electron chi connectivity index (χ0n) is 11.0. The van der Waals surface area contributed by atoms with Crippen molar-refractivity contribution < 1.29 is 40.7 Å². The molecular formula is C14H13MnO5-. The molecule has 0 saturated carbocycles. The Morgan fingerprint density at radius 2 is 1.95 bits per heavy atom. The molecule has 0 aliphatic heterocycles. The van der Waals surface area contributed by atoms with Crippen LogP contribution in [-0.4, -0.2) is 19.4 Å². The Balaban J connectivity index is -0.000000101. The first-order chi connectivity index (χ1) is 9.20. The topological polar surface area (TPSA) is 83.2 Å². The summed E-state index contributed by atoms with van der Waals surface area (Å²) >= 11 is 0. The zero-order valence-corrected chi connectivity index (χ0v) is 12.1. The van der Waals surface area contributed by atoms with Crippen molar-refractivity contribution >= 4 is 12.3 Å². The summed E-state index contributed by atoms with van der Waals surface area (Å²) in [5, 5.41) is 0. The van der Waals surface area contributed by atoms with Crippen LogP contribution >= 0.6 is 0 Å². The maximum Gasteiger partial charge on any atom is 0 e. The summed E-state index contributed by atoms with van der Waals surface area (Å²) in [5.41, 5.74) is 3.64. The number of ether oxygens (including phenoxy) is 1. The summed E-state index contributed by atoms with van der Waals surface area (Å²) in [5.74, 6) is -0.520. The van der Waals surface area contributed by atoms with Gasteiger partial charge in [0, 0.05) is 23.1 Å². The van der Waals surface area contributed by atoms with Gasteiger partial charge in [0.05, 0.1) is 13.2 Å². The summed E-state index contributed by atoms with van der Waals surface area (Å²) in [6, 6.07) is 8.24. The number of hydrogen-bond donors (Lipinski definition) is 0. The van der Waals surface area contributed by atoms with Crippen molar-refractivity contribution in [2.75, 3.05) is 7.11 Å². The Kier molecular flexibility index (Phi) is 34.2.